The number of hydrogen-bond acceptors (Lipinski definition) is 2. The first-order valence-corrected chi connectivity index (χ1v) is 6.74. The van der Waals surface area contributed by atoms with Crippen molar-refractivity contribution >= 4 is 5.91 Å². The van der Waals surface area contributed by atoms with E-state index in [2.05, 4.69) is 12.2 Å². The Morgan fingerprint density at radius 2 is 2.06 bits per heavy atom. The molecule has 0 radical (unpaired) electrons. The number of amides is 1. The molecule has 0 aromatic heterocycles. The van der Waals surface area contributed by atoms with E-state index in [1.165, 1.54) is 25.7 Å². The van der Waals surface area contributed by atoms with Gasteiger partial charge >= 0.3 is 0 Å². The average Bonchev–Trinajstić information content (AvgIpc) is 3.06. The molecule has 92 valence electrons. The van der Waals surface area contributed by atoms with E-state index in [0.29, 0.717) is 6.04 Å². The van der Waals surface area contributed by atoms with Crippen LogP contribution in [0.15, 0.2) is 0 Å². The molecule has 0 saturated heterocycles. The van der Waals surface area contributed by atoms with Gasteiger partial charge in [-0.1, -0.05) is 26.2 Å². The summed E-state index contributed by atoms with van der Waals surface area (Å²) < 4.78 is 0. The maximum absolute atomic E-state index is 11.7. The van der Waals surface area contributed by atoms with Crippen molar-refractivity contribution in [2.24, 2.45) is 11.7 Å². The van der Waals surface area contributed by atoms with Crippen LogP contribution >= 0.6 is 0 Å². The Hall–Kier alpha value is -0.570. The van der Waals surface area contributed by atoms with Gasteiger partial charge in [-0.05, 0) is 38.0 Å². The van der Waals surface area contributed by atoms with Gasteiger partial charge in [0.25, 0.3) is 0 Å². The Kier molecular flexibility index (Phi) is 3.53. The highest BCUT2D eigenvalue weighted by Crippen LogP contribution is 2.34. The first-order chi connectivity index (χ1) is 7.66. The predicted octanol–water partition coefficient (Wildman–Crippen LogP) is 1.95. The highest BCUT2D eigenvalue weighted by atomic mass is 16.1. The zero-order chi connectivity index (χ0) is 11.6. The fraction of sp³-hybridized carbons (Fsp3) is 0.923. The molecule has 0 aromatic carbocycles. The molecular formula is C13H24N2O. The second-order valence-corrected chi connectivity index (χ2v) is 5.57. The van der Waals surface area contributed by atoms with E-state index in [-0.39, 0.29) is 11.4 Å². The number of carbonyl (C=O) groups excluding carboxylic acids is 1. The van der Waals surface area contributed by atoms with Crippen LogP contribution in [0.5, 0.6) is 0 Å². The van der Waals surface area contributed by atoms with E-state index in [9.17, 15) is 4.79 Å². The molecule has 2 fully saturated rings. The third-order valence-electron chi connectivity index (χ3n) is 4.30. The summed E-state index contributed by atoms with van der Waals surface area (Å²) in [5, 5.41) is 3.52. The van der Waals surface area contributed by atoms with Crippen LogP contribution in [-0.2, 0) is 4.79 Å². The first-order valence-electron chi connectivity index (χ1n) is 6.74. The Bertz CT molecular complexity index is 263. The van der Waals surface area contributed by atoms with Gasteiger partial charge in [-0.25, -0.2) is 0 Å². The van der Waals surface area contributed by atoms with Crippen LogP contribution in [0, 0.1) is 5.92 Å². The van der Waals surface area contributed by atoms with Crippen molar-refractivity contribution in [3.8, 4) is 0 Å². The molecule has 2 aliphatic rings. The lowest BCUT2D eigenvalue weighted by atomic mass is 9.88. The van der Waals surface area contributed by atoms with Crippen molar-refractivity contribution in [1.29, 1.82) is 0 Å². The van der Waals surface area contributed by atoms with E-state index < -0.39 is 0 Å². The van der Waals surface area contributed by atoms with Gasteiger partial charge in [-0.2, -0.15) is 0 Å². The largest absolute Gasteiger partial charge is 0.368 e. The van der Waals surface area contributed by atoms with Gasteiger partial charge in [-0.15, -0.1) is 0 Å². The number of nitrogens with two attached hydrogens (primary N) is 1. The molecule has 3 heteroatoms. The third-order valence-corrected chi connectivity index (χ3v) is 4.30. The SMILES string of the molecule is CCC1CCCC(NC2CC2)(C(N)=O)CC1. The summed E-state index contributed by atoms with van der Waals surface area (Å²) in [6, 6.07) is 0.561. The van der Waals surface area contributed by atoms with E-state index in [1.54, 1.807) is 0 Å². The van der Waals surface area contributed by atoms with Gasteiger partial charge in [0.05, 0.1) is 5.54 Å². The van der Waals surface area contributed by atoms with Crippen molar-refractivity contribution in [3.05, 3.63) is 0 Å². The minimum absolute atomic E-state index is 0.129. The van der Waals surface area contributed by atoms with Gasteiger partial charge < -0.3 is 11.1 Å². The number of nitrogens with one attached hydrogen (secondary N) is 1. The Labute approximate surface area is 98.2 Å². The molecule has 2 saturated carbocycles. The topological polar surface area (TPSA) is 55.1 Å². The molecule has 0 heterocycles. The van der Waals surface area contributed by atoms with Crippen LogP contribution in [0.25, 0.3) is 0 Å². The number of hydrogen-bond donors (Lipinski definition) is 2. The second-order valence-electron chi connectivity index (χ2n) is 5.57. The first kappa shape index (κ1) is 11.9. The van der Waals surface area contributed by atoms with Crippen LogP contribution in [0.3, 0.4) is 0 Å². The van der Waals surface area contributed by atoms with Crippen molar-refractivity contribution < 1.29 is 4.79 Å². The fourth-order valence-corrected chi connectivity index (χ4v) is 2.90. The van der Waals surface area contributed by atoms with E-state index >= 15 is 0 Å². The summed E-state index contributed by atoms with van der Waals surface area (Å²) in [4.78, 5) is 11.7. The van der Waals surface area contributed by atoms with E-state index in [4.69, 9.17) is 5.73 Å². The fourth-order valence-electron chi connectivity index (χ4n) is 2.90. The zero-order valence-corrected chi connectivity index (χ0v) is 10.3. The standard InChI is InChI=1S/C13H24N2O/c1-2-10-4-3-8-13(9-7-10,12(14)16)15-11-5-6-11/h10-11,15H,2-9H2,1H3,(H2,14,16). The average molecular weight is 224 g/mol. The van der Waals surface area contributed by atoms with Crippen molar-refractivity contribution in [2.45, 2.75) is 69.9 Å². The third kappa shape index (κ3) is 2.57. The molecule has 2 rings (SSSR count). The number of primary amides is 1. The van der Waals surface area contributed by atoms with Crippen molar-refractivity contribution in [3.63, 3.8) is 0 Å². The molecule has 3 nitrogen and oxygen atoms in total. The molecule has 0 aliphatic heterocycles. The van der Waals surface area contributed by atoms with E-state index in [1.807, 2.05) is 0 Å². The van der Waals surface area contributed by atoms with Gasteiger partial charge in [0.2, 0.25) is 5.91 Å². The minimum atomic E-state index is -0.384. The molecule has 1 amide bonds. The molecule has 2 unspecified atom stereocenters. The molecule has 16 heavy (non-hydrogen) atoms. The van der Waals surface area contributed by atoms with Crippen LogP contribution in [0.1, 0.15) is 58.3 Å². The quantitative estimate of drug-likeness (QED) is 0.717. The Morgan fingerprint density at radius 3 is 2.62 bits per heavy atom. The molecule has 0 bridgehead atoms. The Morgan fingerprint density at radius 1 is 1.31 bits per heavy atom. The molecule has 2 atom stereocenters. The summed E-state index contributed by atoms with van der Waals surface area (Å²) in [6.45, 7) is 2.25. The monoisotopic (exact) mass is 224 g/mol. The number of carbonyl (C=O) groups is 1. The lowest BCUT2D eigenvalue weighted by Crippen LogP contribution is -2.56. The van der Waals surface area contributed by atoms with Crippen molar-refractivity contribution in [2.75, 3.05) is 0 Å². The highest BCUT2D eigenvalue weighted by molar-refractivity contribution is 5.84. The van der Waals surface area contributed by atoms with Gasteiger partial charge in [0.15, 0.2) is 0 Å². The molecule has 0 aromatic rings. The van der Waals surface area contributed by atoms with Crippen LogP contribution in [-0.4, -0.2) is 17.5 Å². The molecule has 2 aliphatic carbocycles. The van der Waals surface area contributed by atoms with Gasteiger partial charge in [-0.3, -0.25) is 4.79 Å². The molecule has 3 N–H and O–H groups in total. The molecule has 0 spiro atoms. The summed E-state index contributed by atoms with van der Waals surface area (Å²) in [5.74, 6) is 0.665. The lowest BCUT2D eigenvalue weighted by molar-refractivity contribution is -0.125. The normalized spacial score (nSPS) is 35.7. The Balaban J connectivity index is 2.02. The highest BCUT2D eigenvalue weighted by Gasteiger charge is 2.41. The second kappa shape index (κ2) is 4.74. The summed E-state index contributed by atoms with van der Waals surface area (Å²) >= 11 is 0. The maximum atomic E-state index is 11.7. The van der Waals surface area contributed by atoms with E-state index in [0.717, 1.165) is 31.6 Å². The predicted molar refractivity (Wildman–Crippen MR) is 64.9 cm³/mol. The van der Waals surface area contributed by atoms with Gasteiger partial charge in [0, 0.05) is 6.04 Å². The maximum Gasteiger partial charge on any atom is 0.237 e. The van der Waals surface area contributed by atoms with Crippen molar-refractivity contribution in [1.82, 2.24) is 5.32 Å². The molecular weight excluding hydrogens is 200 g/mol. The summed E-state index contributed by atoms with van der Waals surface area (Å²) in [5.41, 5.74) is 5.25. The summed E-state index contributed by atoms with van der Waals surface area (Å²) in [6.07, 6.45) is 9.10. The smallest absolute Gasteiger partial charge is 0.237 e. The van der Waals surface area contributed by atoms with Gasteiger partial charge in [0.1, 0.15) is 0 Å². The lowest BCUT2D eigenvalue weighted by Gasteiger charge is -2.31. The van der Waals surface area contributed by atoms with Crippen LogP contribution < -0.4 is 11.1 Å². The minimum Gasteiger partial charge on any atom is -0.368 e. The van der Waals surface area contributed by atoms with Crippen LogP contribution in [0.4, 0.5) is 0 Å². The summed E-state index contributed by atoms with van der Waals surface area (Å²) in [7, 11) is 0. The zero-order valence-electron chi connectivity index (χ0n) is 10.3. The van der Waals surface area contributed by atoms with Crippen LogP contribution in [0.2, 0.25) is 0 Å². The number of rotatable bonds is 4.